The highest BCUT2D eigenvalue weighted by atomic mass is 79.9. The van der Waals surface area contributed by atoms with Gasteiger partial charge in [0.2, 0.25) is 5.88 Å². The lowest BCUT2D eigenvalue weighted by Gasteiger charge is -2.21. The van der Waals surface area contributed by atoms with Gasteiger partial charge in [-0.05, 0) is 24.3 Å². The van der Waals surface area contributed by atoms with E-state index in [9.17, 15) is 4.79 Å². The Morgan fingerprint density at radius 2 is 2.23 bits per heavy atom. The minimum Gasteiger partial charge on any atom is -0.472 e. The topological polar surface area (TPSA) is 68.5 Å². The summed E-state index contributed by atoms with van der Waals surface area (Å²) in [6.45, 7) is 1.53. The first-order valence-electron chi connectivity index (χ1n) is 7.05. The number of rotatable bonds is 4. The molecular formula is C16H16BrN3O2. The first-order valence-corrected chi connectivity index (χ1v) is 7.85. The molecule has 1 fully saturated rings. The van der Waals surface area contributed by atoms with Crippen LogP contribution in [0.5, 0.6) is 5.88 Å². The van der Waals surface area contributed by atoms with E-state index in [1.807, 2.05) is 30.3 Å². The van der Waals surface area contributed by atoms with Crippen molar-refractivity contribution in [2.45, 2.75) is 12.5 Å². The molecule has 114 valence electrons. The summed E-state index contributed by atoms with van der Waals surface area (Å²) in [5.74, 6) is 0.200. The van der Waals surface area contributed by atoms with Crippen molar-refractivity contribution < 1.29 is 9.53 Å². The zero-order valence-corrected chi connectivity index (χ0v) is 13.5. The first kappa shape index (κ1) is 14.8. The minimum atomic E-state index is -0.426. The number of ether oxygens (including phenoxy) is 1. The third-order valence-electron chi connectivity index (χ3n) is 3.63. The summed E-state index contributed by atoms with van der Waals surface area (Å²) in [4.78, 5) is 17.9. The minimum absolute atomic E-state index is 0.0549. The van der Waals surface area contributed by atoms with Crippen LogP contribution >= 0.6 is 15.9 Å². The van der Waals surface area contributed by atoms with E-state index in [-0.39, 0.29) is 6.10 Å². The fourth-order valence-corrected chi connectivity index (χ4v) is 2.97. The molecule has 0 unspecified atom stereocenters. The molecular weight excluding hydrogens is 346 g/mol. The van der Waals surface area contributed by atoms with Crippen molar-refractivity contribution in [2.75, 3.05) is 18.0 Å². The largest absolute Gasteiger partial charge is 0.472 e. The van der Waals surface area contributed by atoms with Crippen LogP contribution in [0.2, 0.25) is 0 Å². The van der Waals surface area contributed by atoms with Crippen LogP contribution in [0.4, 0.5) is 5.69 Å². The number of amides is 1. The Morgan fingerprint density at radius 1 is 1.36 bits per heavy atom. The average molecular weight is 362 g/mol. The van der Waals surface area contributed by atoms with Gasteiger partial charge in [0.1, 0.15) is 6.10 Å². The van der Waals surface area contributed by atoms with Gasteiger partial charge in [0.25, 0.3) is 5.91 Å². The van der Waals surface area contributed by atoms with Crippen LogP contribution in [0.3, 0.4) is 0 Å². The second-order valence-corrected chi connectivity index (χ2v) is 6.08. The Hall–Kier alpha value is -2.08. The Kier molecular flexibility index (Phi) is 4.29. The predicted octanol–water partition coefficient (Wildman–Crippen LogP) is 2.60. The van der Waals surface area contributed by atoms with Crippen molar-refractivity contribution >= 4 is 27.5 Å². The molecule has 1 saturated heterocycles. The molecule has 1 aromatic heterocycles. The Morgan fingerprint density at radius 3 is 2.95 bits per heavy atom. The zero-order valence-electron chi connectivity index (χ0n) is 11.9. The highest BCUT2D eigenvalue weighted by Gasteiger charge is 2.27. The van der Waals surface area contributed by atoms with E-state index in [0.29, 0.717) is 18.0 Å². The highest BCUT2D eigenvalue weighted by molar-refractivity contribution is 9.10. The van der Waals surface area contributed by atoms with Gasteiger partial charge in [-0.15, -0.1) is 0 Å². The second kappa shape index (κ2) is 6.36. The van der Waals surface area contributed by atoms with Crippen LogP contribution in [-0.2, 0) is 0 Å². The molecule has 1 aliphatic rings. The standard InChI is InChI=1S/C16H16BrN3O2/c17-11-4-5-14(13(9-11)16(18)21)20-8-6-12(10-20)22-15-3-1-2-7-19-15/h1-5,7,9,12H,6,8,10H2,(H2,18,21)/t12-/m1/s1. The number of pyridine rings is 1. The van der Waals surface area contributed by atoms with Gasteiger partial charge in [0.05, 0.1) is 12.1 Å². The molecule has 0 aliphatic carbocycles. The Labute approximate surface area is 137 Å². The summed E-state index contributed by atoms with van der Waals surface area (Å²) in [7, 11) is 0. The molecule has 1 atom stereocenters. The average Bonchev–Trinajstić information content (AvgIpc) is 2.96. The molecule has 2 heterocycles. The number of nitrogens with zero attached hydrogens (tertiary/aromatic N) is 2. The maximum Gasteiger partial charge on any atom is 0.250 e. The van der Waals surface area contributed by atoms with Crippen molar-refractivity contribution in [3.05, 3.63) is 52.6 Å². The third-order valence-corrected chi connectivity index (χ3v) is 4.13. The molecule has 2 N–H and O–H groups in total. The fourth-order valence-electron chi connectivity index (χ4n) is 2.61. The van der Waals surface area contributed by atoms with Gasteiger partial charge in [-0.25, -0.2) is 4.98 Å². The molecule has 0 radical (unpaired) electrons. The number of primary amides is 1. The van der Waals surface area contributed by atoms with Gasteiger partial charge in [0, 0.05) is 35.4 Å². The van der Waals surface area contributed by atoms with Crippen LogP contribution in [0.25, 0.3) is 0 Å². The van der Waals surface area contributed by atoms with Crippen molar-refractivity contribution in [3.63, 3.8) is 0 Å². The van der Waals surface area contributed by atoms with Crippen LogP contribution in [0.1, 0.15) is 16.8 Å². The number of aromatic nitrogens is 1. The summed E-state index contributed by atoms with van der Waals surface area (Å²) >= 11 is 3.37. The van der Waals surface area contributed by atoms with Crippen LogP contribution < -0.4 is 15.4 Å². The first-order chi connectivity index (χ1) is 10.6. The Balaban J connectivity index is 1.74. The maximum absolute atomic E-state index is 11.6. The molecule has 0 bridgehead atoms. The van der Waals surface area contributed by atoms with E-state index in [1.54, 1.807) is 12.3 Å². The smallest absolute Gasteiger partial charge is 0.250 e. The number of carbonyl (C=O) groups excluding carboxylic acids is 1. The molecule has 5 nitrogen and oxygen atoms in total. The molecule has 6 heteroatoms. The van der Waals surface area contributed by atoms with Crippen molar-refractivity contribution in [1.82, 2.24) is 4.98 Å². The molecule has 3 rings (SSSR count). The van der Waals surface area contributed by atoms with E-state index in [0.717, 1.165) is 23.1 Å². The van der Waals surface area contributed by atoms with Crippen LogP contribution in [-0.4, -0.2) is 30.1 Å². The van der Waals surface area contributed by atoms with Crippen molar-refractivity contribution in [2.24, 2.45) is 5.73 Å². The number of hydrogen-bond acceptors (Lipinski definition) is 4. The van der Waals surface area contributed by atoms with E-state index >= 15 is 0 Å². The summed E-state index contributed by atoms with van der Waals surface area (Å²) in [5, 5.41) is 0. The monoisotopic (exact) mass is 361 g/mol. The number of nitrogens with two attached hydrogens (primary N) is 1. The lowest BCUT2D eigenvalue weighted by atomic mass is 10.1. The lowest BCUT2D eigenvalue weighted by molar-refractivity contribution is 0.100. The molecule has 0 saturated carbocycles. The molecule has 1 amide bonds. The van der Waals surface area contributed by atoms with E-state index < -0.39 is 5.91 Å². The van der Waals surface area contributed by atoms with E-state index in [4.69, 9.17) is 10.5 Å². The van der Waals surface area contributed by atoms with Gasteiger partial charge >= 0.3 is 0 Å². The summed E-state index contributed by atoms with van der Waals surface area (Å²) < 4.78 is 6.71. The number of anilines is 1. The molecule has 1 aromatic carbocycles. The number of benzene rings is 1. The third kappa shape index (κ3) is 3.22. The second-order valence-electron chi connectivity index (χ2n) is 5.17. The van der Waals surface area contributed by atoms with E-state index in [1.165, 1.54) is 0 Å². The zero-order chi connectivity index (χ0) is 15.5. The number of carbonyl (C=O) groups is 1. The fraction of sp³-hybridized carbons (Fsp3) is 0.250. The maximum atomic E-state index is 11.6. The predicted molar refractivity (Wildman–Crippen MR) is 88.1 cm³/mol. The van der Waals surface area contributed by atoms with Gasteiger partial charge in [-0.2, -0.15) is 0 Å². The molecule has 0 spiro atoms. The highest BCUT2D eigenvalue weighted by Crippen LogP contribution is 2.28. The van der Waals surface area contributed by atoms with Gasteiger partial charge in [0.15, 0.2) is 0 Å². The van der Waals surface area contributed by atoms with Gasteiger partial charge in [-0.3, -0.25) is 4.79 Å². The summed E-state index contributed by atoms with van der Waals surface area (Å²) in [6, 6.07) is 11.2. The normalized spacial score (nSPS) is 17.5. The summed E-state index contributed by atoms with van der Waals surface area (Å²) in [6.07, 6.45) is 2.64. The van der Waals surface area contributed by atoms with Crippen molar-refractivity contribution in [1.29, 1.82) is 0 Å². The number of hydrogen-bond donors (Lipinski definition) is 1. The van der Waals surface area contributed by atoms with Crippen LogP contribution in [0, 0.1) is 0 Å². The Bertz CT molecular complexity index is 678. The van der Waals surface area contributed by atoms with Crippen molar-refractivity contribution in [3.8, 4) is 5.88 Å². The van der Waals surface area contributed by atoms with E-state index in [2.05, 4.69) is 25.8 Å². The molecule has 22 heavy (non-hydrogen) atoms. The SMILES string of the molecule is NC(=O)c1cc(Br)ccc1N1CC[C@@H](Oc2ccccn2)C1. The number of halogens is 1. The van der Waals surface area contributed by atoms with Gasteiger partial charge in [-0.1, -0.05) is 22.0 Å². The quantitative estimate of drug-likeness (QED) is 0.908. The molecule has 1 aliphatic heterocycles. The molecule has 2 aromatic rings. The lowest BCUT2D eigenvalue weighted by Crippen LogP contribution is -2.27. The van der Waals surface area contributed by atoms with Gasteiger partial charge < -0.3 is 15.4 Å². The summed E-state index contributed by atoms with van der Waals surface area (Å²) in [5.41, 5.74) is 6.85. The van der Waals surface area contributed by atoms with Crippen LogP contribution in [0.15, 0.2) is 47.1 Å².